The molecule has 1 aromatic carbocycles. The quantitative estimate of drug-likeness (QED) is 0.136. The molecule has 6 N–H and O–H groups in total. The van der Waals surface area contributed by atoms with Crippen molar-refractivity contribution in [1.82, 2.24) is 15.0 Å². The monoisotopic (exact) mass is 499 g/mol. The van der Waals surface area contributed by atoms with Gasteiger partial charge in [-0.3, -0.25) is 15.0 Å². The van der Waals surface area contributed by atoms with Crippen LogP contribution in [0.3, 0.4) is 0 Å². The van der Waals surface area contributed by atoms with Crippen LogP contribution in [0.2, 0.25) is 0 Å². The lowest BCUT2D eigenvalue weighted by Crippen LogP contribution is -2.59. The molecule has 0 spiro atoms. The molecule has 1 unspecified atom stereocenters. The molecule has 3 aromatic rings. The maximum Gasteiger partial charge on any atom is 0.313 e. The first-order chi connectivity index (χ1) is 16.5. The Morgan fingerprint density at radius 2 is 1.69 bits per heavy atom. The Hall–Kier alpha value is -3.91. The van der Waals surface area contributed by atoms with Crippen LogP contribution in [0.25, 0.3) is 0 Å². The lowest BCUT2D eigenvalue weighted by Gasteiger charge is -2.39. The molecule has 8 nitrogen and oxygen atoms in total. The van der Waals surface area contributed by atoms with Crippen molar-refractivity contribution in [2.24, 2.45) is 22.5 Å². The van der Waals surface area contributed by atoms with E-state index in [0.717, 1.165) is 43.0 Å². The number of pyridine rings is 2. The number of alkyl halides is 2. The van der Waals surface area contributed by atoms with Crippen LogP contribution in [-0.2, 0) is 18.1 Å². The first-order valence-electron chi connectivity index (χ1n) is 9.74. The standard InChI is InChI=1S/C21H19F6N7O/c22-12-1-3-15(16(24)5-12)20(28,10-34(30)11-33-29)21(26,27)19-4-2-14(8-32-19)35-9-18-17(25)6-13(23)7-31-18/h1-8,11H,9-10,28-30H2/b33-11-. The van der Waals surface area contributed by atoms with Gasteiger partial charge in [0, 0.05) is 17.7 Å². The molecule has 1 atom stereocenters. The molecule has 14 heteroatoms. The summed E-state index contributed by atoms with van der Waals surface area (Å²) < 4.78 is 91.2. The number of nitrogens with zero attached hydrogens (tertiary/aromatic N) is 4. The van der Waals surface area contributed by atoms with Crippen molar-refractivity contribution in [2.45, 2.75) is 18.1 Å². The summed E-state index contributed by atoms with van der Waals surface area (Å²) in [5.41, 5.74) is 1.29. The van der Waals surface area contributed by atoms with Gasteiger partial charge in [-0.25, -0.2) is 23.4 Å². The average Bonchev–Trinajstić information content (AvgIpc) is 2.78. The third-order valence-electron chi connectivity index (χ3n) is 4.94. The van der Waals surface area contributed by atoms with Crippen molar-refractivity contribution >= 4 is 6.34 Å². The molecule has 186 valence electrons. The first-order valence-corrected chi connectivity index (χ1v) is 9.74. The van der Waals surface area contributed by atoms with Crippen LogP contribution in [0, 0.1) is 23.3 Å². The van der Waals surface area contributed by atoms with Crippen LogP contribution in [0.1, 0.15) is 17.0 Å². The Labute approximate surface area is 195 Å². The minimum atomic E-state index is -4.07. The third kappa shape index (κ3) is 5.44. The zero-order chi connectivity index (χ0) is 25.8. The highest BCUT2D eigenvalue weighted by Gasteiger charge is 2.56. The Kier molecular flexibility index (Phi) is 7.45. The van der Waals surface area contributed by atoms with Crippen molar-refractivity contribution in [3.63, 3.8) is 0 Å². The molecule has 3 rings (SSSR count). The number of hydrazone groups is 1. The molecule has 0 bridgehead atoms. The molecule has 0 fully saturated rings. The largest absolute Gasteiger partial charge is 0.486 e. The lowest BCUT2D eigenvalue weighted by atomic mass is 9.82. The van der Waals surface area contributed by atoms with Crippen LogP contribution < -0.4 is 22.2 Å². The van der Waals surface area contributed by atoms with Gasteiger partial charge in [0.1, 0.15) is 53.1 Å². The van der Waals surface area contributed by atoms with E-state index < -0.39 is 59.1 Å². The number of nitrogens with two attached hydrogens (primary N) is 3. The SMILES string of the molecule is N/N=C\N(N)CC(N)(c1ccc(F)cc1F)C(F)(F)c1ccc(OCc2ncc(F)cc2F)cn1. The molecule has 2 heterocycles. The van der Waals surface area contributed by atoms with E-state index in [0.29, 0.717) is 17.1 Å². The summed E-state index contributed by atoms with van der Waals surface area (Å²) in [7, 11) is 0. The molecule has 0 saturated heterocycles. The number of halogens is 6. The molecule has 0 aliphatic heterocycles. The second-order valence-corrected chi connectivity index (χ2v) is 7.36. The second kappa shape index (κ2) is 10.1. The van der Waals surface area contributed by atoms with Gasteiger partial charge in [0.15, 0.2) is 5.82 Å². The number of benzene rings is 1. The van der Waals surface area contributed by atoms with E-state index in [4.69, 9.17) is 22.2 Å². The van der Waals surface area contributed by atoms with E-state index in [1.807, 2.05) is 0 Å². The first kappa shape index (κ1) is 25.7. The fraction of sp³-hybridized carbons (Fsp3) is 0.190. The molecule has 2 aromatic heterocycles. The number of aromatic nitrogens is 2. The molecule has 0 saturated carbocycles. The summed E-state index contributed by atoms with van der Waals surface area (Å²) in [5, 5.41) is 3.72. The molecule has 0 aliphatic rings. The van der Waals surface area contributed by atoms with Crippen molar-refractivity contribution in [3.8, 4) is 5.75 Å². The van der Waals surface area contributed by atoms with Crippen molar-refractivity contribution in [2.75, 3.05) is 6.54 Å². The van der Waals surface area contributed by atoms with Crippen molar-refractivity contribution in [3.05, 3.63) is 89.0 Å². The van der Waals surface area contributed by atoms with Crippen LogP contribution in [0.15, 0.2) is 53.9 Å². The van der Waals surface area contributed by atoms with Gasteiger partial charge in [0.25, 0.3) is 0 Å². The summed E-state index contributed by atoms with van der Waals surface area (Å²) in [6.45, 7) is -1.34. The van der Waals surface area contributed by atoms with Crippen LogP contribution in [-0.4, -0.2) is 27.9 Å². The molecular formula is C21H19F6N7O. The van der Waals surface area contributed by atoms with Gasteiger partial charge >= 0.3 is 5.92 Å². The Bertz CT molecular complexity index is 1210. The van der Waals surface area contributed by atoms with Crippen molar-refractivity contribution < 1.29 is 31.1 Å². The molecule has 0 radical (unpaired) electrons. The Balaban J connectivity index is 1.91. The van der Waals surface area contributed by atoms with Gasteiger partial charge in [-0.15, -0.1) is 0 Å². The average molecular weight is 499 g/mol. The van der Waals surface area contributed by atoms with Crippen LogP contribution in [0.4, 0.5) is 26.3 Å². The lowest BCUT2D eigenvalue weighted by molar-refractivity contribution is -0.0964. The smallest absolute Gasteiger partial charge is 0.313 e. The summed E-state index contributed by atoms with van der Waals surface area (Å²) in [4.78, 5) is 7.19. The van der Waals surface area contributed by atoms with E-state index in [-0.39, 0.29) is 11.4 Å². The predicted octanol–water partition coefficient (Wildman–Crippen LogP) is 2.64. The summed E-state index contributed by atoms with van der Waals surface area (Å²) in [5.74, 6) is 2.28. The van der Waals surface area contributed by atoms with Gasteiger partial charge in [-0.2, -0.15) is 13.9 Å². The van der Waals surface area contributed by atoms with Crippen LogP contribution >= 0.6 is 0 Å². The van der Waals surface area contributed by atoms with Gasteiger partial charge in [-0.1, -0.05) is 6.07 Å². The van der Waals surface area contributed by atoms with Gasteiger partial charge in [0.05, 0.1) is 18.9 Å². The van der Waals surface area contributed by atoms with Crippen molar-refractivity contribution in [1.29, 1.82) is 0 Å². The highest BCUT2D eigenvalue weighted by atomic mass is 19.3. The third-order valence-corrected chi connectivity index (χ3v) is 4.94. The maximum absolute atomic E-state index is 15.7. The van der Waals surface area contributed by atoms with Crippen LogP contribution in [0.5, 0.6) is 5.75 Å². The normalized spacial score (nSPS) is 13.6. The van der Waals surface area contributed by atoms with Gasteiger partial charge in [-0.05, 0) is 18.2 Å². The second-order valence-electron chi connectivity index (χ2n) is 7.36. The summed E-state index contributed by atoms with van der Waals surface area (Å²) >= 11 is 0. The minimum absolute atomic E-state index is 0.0543. The van der Waals surface area contributed by atoms with E-state index in [1.165, 1.54) is 0 Å². The Morgan fingerprint density at radius 3 is 2.29 bits per heavy atom. The highest BCUT2D eigenvalue weighted by Crippen LogP contribution is 2.44. The molecule has 0 amide bonds. The number of hydrazine groups is 1. The molecular weight excluding hydrogens is 480 g/mol. The van der Waals surface area contributed by atoms with E-state index in [9.17, 15) is 17.6 Å². The summed E-state index contributed by atoms with van der Waals surface area (Å²) in [6, 6.07) is 4.48. The fourth-order valence-corrected chi connectivity index (χ4v) is 3.20. The van der Waals surface area contributed by atoms with E-state index >= 15 is 8.78 Å². The highest BCUT2D eigenvalue weighted by molar-refractivity contribution is 5.54. The van der Waals surface area contributed by atoms with Gasteiger partial charge < -0.3 is 16.3 Å². The summed E-state index contributed by atoms with van der Waals surface area (Å²) in [6.07, 6.45) is 2.47. The zero-order valence-electron chi connectivity index (χ0n) is 17.8. The molecule has 35 heavy (non-hydrogen) atoms. The Morgan fingerprint density at radius 1 is 0.971 bits per heavy atom. The minimum Gasteiger partial charge on any atom is -0.486 e. The zero-order valence-corrected chi connectivity index (χ0v) is 17.8. The number of hydrogen-bond donors (Lipinski definition) is 3. The molecule has 0 aliphatic carbocycles. The predicted molar refractivity (Wildman–Crippen MR) is 112 cm³/mol. The van der Waals surface area contributed by atoms with E-state index in [2.05, 4.69) is 15.1 Å². The fourth-order valence-electron chi connectivity index (χ4n) is 3.20. The topological polar surface area (TPSA) is 129 Å². The van der Waals surface area contributed by atoms with Gasteiger partial charge in [0.2, 0.25) is 0 Å². The number of ether oxygens (including phenoxy) is 1. The number of rotatable bonds is 9. The number of hydrogen-bond acceptors (Lipinski definition) is 7. The van der Waals surface area contributed by atoms with E-state index in [1.54, 1.807) is 0 Å². The maximum atomic E-state index is 15.7.